The van der Waals surface area contributed by atoms with E-state index in [1.807, 2.05) is 25.1 Å². The zero-order valence-electron chi connectivity index (χ0n) is 11.3. The van der Waals surface area contributed by atoms with E-state index in [0.29, 0.717) is 22.6 Å². The van der Waals surface area contributed by atoms with Gasteiger partial charge in [0.1, 0.15) is 0 Å². The second-order valence-electron chi connectivity index (χ2n) is 4.17. The van der Waals surface area contributed by atoms with E-state index in [0.717, 1.165) is 5.56 Å². The summed E-state index contributed by atoms with van der Waals surface area (Å²) in [6.07, 6.45) is 0. The van der Waals surface area contributed by atoms with Crippen molar-refractivity contribution in [2.75, 3.05) is 14.2 Å². The third-order valence-electron chi connectivity index (χ3n) is 3.07. The summed E-state index contributed by atoms with van der Waals surface area (Å²) in [6.45, 7) is 1.86. The molecule has 2 aromatic rings. The molecule has 0 aliphatic carbocycles. The summed E-state index contributed by atoms with van der Waals surface area (Å²) < 4.78 is 10.5. The number of rotatable bonds is 4. The van der Waals surface area contributed by atoms with Crippen molar-refractivity contribution in [3.05, 3.63) is 59.2 Å². The summed E-state index contributed by atoms with van der Waals surface area (Å²) >= 11 is 0. The monoisotopic (exact) mass is 256 g/mol. The molecule has 0 N–H and O–H groups in total. The predicted octanol–water partition coefficient (Wildman–Crippen LogP) is 3.24. The molecule has 2 rings (SSSR count). The first-order chi connectivity index (χ1) is 9.19. The van der Waals surface area contributed by atoms with Crippen molar-refractivity contribution < 1.29 is 14.3 Å². The molecule has 0 fully saturated rings. The lowest BCUT2D eigenvalue weighted by molar-refractivity contribution is 0.103. The molecule has 0 saturated carbocycles. The van der Waals surface area contributed by atoms with Crippen LogP contribution in [0.15, 0.2) is 42.5 Å². The van der Waals surface area contributed by atoms with Crippen LogP contribution in [0.25, 0.3) is 0 Å². The number of hydrogen-bond donors (Lipinski definition) is 0. The van der Waals surface area contributed by atoms with Crippen molar-refractivity contribution in [3.8, 4) is 11.5 Å². The minimum atomic E-state index is -0.0148. The third kappa shape index (κ3) is 2.45. The molecule has 0 saturated heterocycles. The van der Waals surface area contributed by atoms with Gasteiger partial charge in [0, 0.05) is 16.7 Å². The average Bonchev–Trinajstić information content (AvgIpc) is 2.47. The van der Waals surface area contributed by atoms with Gasteiger partial charge in [-0.15, -0.1) is 0 Å². The Labute approximate surface area is 112 Å². The number of carbonyl (C=O) groups excluding carboxylic acids is 1. The third-order valence-corrected chi connectivity index (χ3v) is 3.07. The molecule has 0 aromatic heterocycles. The van der Waals surface area contributed by atoms with Gasteiger partial charge in [-0.3, -0.25) is 4.79 Å². The van der Waals surface area contributed by atoms with Crippen molar-refractivity contribution in [2.24, 2.45) is 0 Å². The molecule has 3 heteroatoms. The minimum Gasteiger partial charge on any atom is -0.493 e. The van der Waals surface area contributed by atoms with Crippen LogP contribution in [0.5, 0.6) is 11.5 Å². The van der Waals surface area contributed by atoms with E-state index in [-0.39, 0.29) is 5.78 Å². The molecule has 3 nitrogen and oxygen atoms in total. The summed E-state index contributed by atoms with van der Waals surface area (Å²) in [7, 11) is 3.15. The highest BCUT2D eigenvalue weighted by Gasteiger charge is 2.17. The molecule has 0 bridgehead atoms. The normalized spacial score (nSPS) is 10.1. The highest BCUT2D eigenvalue weighted by atomic mass is 16.5. The van der Waals surface area contributed by atoms with Crippen molar-refractivity contribution in [2.45, 2.75) is 6.92 Å². The molecule has 0 heterocycles. The van der Waals surface area contributed by atoms with Gasteiger partial charge < -0.3 is 9.47 Å². The first kappa shape index (κ1) is 13.1. The molecule has 98 valence electrons. The number of ether oxygens (including phenoxy) is 2. The molecule has 0 atom stereocenters. The summed E-state index contributed by atoms with van der Waals surface area (Å²) in [5, 5.41) is 0. The molecule has 19 heavy (non-hydrogen) atoms. The number of benzene rings is 2. The molecule has 0 aliphatic rings. The molecule has 0 radical (unpaired) electrons. The Morgan fingerprint density at radius 2 is 1.63 bits per heavy atom. The smallest absolute Gasteiger partial charge is 0.193 e. The van der Waals surface area contributed by atoms with Crippen LogP contribution < -0.4 is 9.47 Å². The number of ketones is 1. The van der Waals surface area contributed by atoms with E-state index in [1.54, 1.807) is 38.5 Å². The zero-order valence-corrected chi connectivity index (χ0v) is 11.3. The predicted molar refractivity (Wildman–Crippen MR) is 74.2 cm³/mol. The topological polar surface area (TPSA) is 35.5 Å². The van der Waals surface area contributed by atoms with Gasteiger partial charge in [0.25, 0.3) is 0 Å². The zero-order chi connectivity index (χ0) is 13.8. The van der Waals surface area contributed by atoms with E-state index < -0.39 is 0 Å². The summed E-state index contributed by atoms with van der Waals surface area (Å²) in [6, 6.07) is 12.7. The van der Waals surface area contributed by atoms with Crippen LogP contribution in [0.4, 0.5) is 0 Å². The highest BCUT2D eigenvalue weighted by Crippen LogP contribution is 2.33. The summed E-state index contributed by atoms with van der Waals surface area (Å²) in [5.41, 5.74) is 2.08. The van der Waals surface area contributed by atoms with Gasteiger partial charge >= 0.3 is 0 Å². The maximum absolute atomic E-state index is 12.4. The molecule has 0 aliphatic heterocycles. The van der Waals surface area contributed by atoms with Gasteiger partial charge in [-0.05, 0) is 19.1 Å². The fourth-order valence-corrected chi connectivity index (χ4v) is 2.07. The lowest BCUT2D eigenvalue weighted by Gasteiger charge is -2.13. The molecule has 0 unspecified atom stereocenters. The van der Waals surface area contributed by atoms with Gasteiger partial charge in [0.2, 0.25) is 0 Å². The van der Waals surface area contributed by atoms with Gasteiger partial charge in [-0.25, -0.2) is 0 Å². The molecule has 0 spiro atoms. The quantitative estimate of drug-likeness (QED) is 0.788. The lowest BCUT2D eigenvalue weighted by Crippen LogP contribution is -2.05. The van der Waals surface area contributed by atoms with Crippen LogP contribution in [0.2, 0.25) is 0 Å². The van der Waals surface area contributed by atoms with Crippen molar-refractivity contribution >= 4 is 5.78 Å². The van der Waals surface area contributed by atoms with E-state index in [4.69, 9.17) is 9.47 Å². The lowest BCUT2D eigenvalue weighted by atomic mass is 9.98. The molecular weight excluding hydrogens is 240 g/mol. The molecule has 0 amide bonds. The van der Waals surface area contributed by atoms with Gasteiger partial charge in [-0.2, -0.15) is 0 Å². The first-order valence-electron chi connectivity index (χ1n) is 6.00. The van der Waals surface area contributed by atoms with Crippen molar-refractivity contribution in [3.63, 3.8) is 0 Å². The van der Waals surface area contributed by atoms with Crippen molar-refractivity contribution in [1.29, 1.82) is 0 Å². The van der Waals surface area contributed by atoms with Crippen LogP contribution in [-0.2, 0) is 0 Å². The largest absolute Gasteiger partial charge is 0.493 e. The fraction of sp³-hybridized carbons (Fsp3) is 0.188. The van der Waals surface area contributed by atoms with Crippen LogP contribution in [-0.4, -0.2) is 20.0 Å². The summed E-state index contributed by atoms with van der Waals surface area (Å²) in [4.78, 5) is 12.4. The van der Waals surface area contributed by atoms with Crippen molar-refractivity contribution in [1.82, 2.24) is 0 Å². The SMILES string of the molecule is COc1ccc(C(=O)c2ccccc2)c(C)c1OC. The number of hydrogen-bond acceptors (Lipinski definition) is 3. The number of methoxy groups -OCH3 is 2. The fourth-order valence-electron chi connectivity index (χ4n) is 2.07. The van der Waals surface area contributed by atoms with Gasteiger partial charge in [-0.1, -0.05) is 30.3 Å². The maximum Gasteiger partial charge on any atom is 0.193 e. The van der Waals surface area contributed by atoms with Crippen LogP contribution in [0.3, 0.4) is 0 Å². The van der Waals surface area contributed by atoms with E-state index in [9.17, 15) is 4.79 Å². The Morgan fingerprint density at radius 1 is 0.947 bits per heavy atom. The van der Waals surface area contributed by atoms with Crippen LogP contribution >= 0.6 is 0 Å². The summed E-state index contributed by atoms with van der Waals surface area (Å²) in [5.74, 6) is 1.22. The Kier molecular flexibility index (Phi) is 3.85. The minimum absolute atomic E-state index is 0.0148. The van der Waals surface area contributed by atoms with E-state index in [2.05, 4.69) is 0 Å². The van der Waals surface area contributed by atoms with Gasteiger partial charge in [0.05, 0.1) is 14.2 Å². The van der Waals surface area contributed by atoms with Crippen LogP contribution in [0.1, 0.15) is 21.5 Å². The standard InChI is InChI=1S/C16H16O3/c1-11-13(9-10-14(18-2)16(11)19-3)15(17)12-7-5-4-6-8-12/h4-10H,1-3H3. The van der Waals surface area contributed by atoms with Gasteiger partial charge in [0.15, 0.2) is 17.3 Å². The second-order valence-corrected chi connectivity index (χ2v) is 4.17. The second kappa shape index (κ2) is 5.57. The average molecular weight is 256 g/mol. The Morgan fingerprint density at radius 3 is 2.21 bits per heavy atom. The van der Waals surface area contributed by atoms with E-state index in [1.165, 1.54) is 0 Å². The van der Waals surface area contributed by atoms with E-state index >= 15 is 0 Å². The van der Waals surface area contributed by atoms with Crippen LogP contribution in [0, 0.1) is 6.92 Å². The Balaban J connectivity index is 2.49. The number of carbonyl (C=O) groups is 1. The Hall–Kier alpha value is -2.29. The molecule has 2 aromatic carbocycles. The Bertz CT molecular complexity index is 588. The molecular formula is C16H16O3. The maximum atomic E-state index is 12.4. The first-order valence-corrected chi connectivity index (χ1v) is 6.00. The highest BCUT2D eigenvalue weighted by molar-refractivity contribution is 6.10.